The van der Waals surface area contributed by atoms with Gasteiger partial charge in [-0.1, -0.05) is 24.8 Å². The molecule has 4 aromatic carbocycles. The molecule has 0 heterocycles. The zero-order valence-corrected chi connectivity index (χ0v) is 26.8. The molecule has 0 bridgehead atoms. The van der Waals surface area contributed by atoms with Crippen LogP contribution in [0.5, 0.6) is 11.5 Å². The average Bonchev–Trinajstić information content (AvgIpc) is 3.11. The third-order valence-electron chi connectivity index (χ3n) is 6.88. The van der Waals surface area contributed by atoms with Crippen LogP contribution in [0.4, 0.5) is 49.1 Å². The van der Waals surface area contributed by atoms with E-state index in [4.69, 9.17) is 14.2 Å². The van der Waals surface area contributed by atoms with Crippen molar-refractivity contribution in [2.24, 2.45) is 20.5 Å². The van der Waals surface area contributed by atoms with Crippen LogP contribution >= 0.6 is 0 Å². The fourth-order valence-corrected chi connectivity index (χ4v) is 4.34. The second-order valence-corrected chi connectivity index (χ2v) is 10.7. The minimum atomic E-state index is -5.03. The molecule has 0 aliphatic heterocycles. The minimum absolute atomic E-state index is 0.0279. The molecule has 0 atom stereocenters. The van der Waals surface area contributed by atoms with Crippen molar-refractivity contribution in [1.29, 1.82) is 0 Å². The Morgan fingerprint density at radius 2 is 1.20 bits per heavy atom. The topological polar surface area (TPSA) is 111 Å². The number of ether oxygens (including phenoxy) is 3. The fraction of sp³-hybridized carbons (Fsp3) is 0.222. The molecular weight excluding hydrogens is 682 g/mol. The Bertz CT molecular complexity index is 1860. The van der Waals surface area contributed by atoms with E-state index in [2.05, 4.69) is 27.0 Å². The summed E-state index contributed by atoms with van der Waals surface area (Å²) in [7, 11) is 0. The van der Waals surface area contributed by atoms with E-state index < -0.39 is 52.5 Å². The van der Waals surface area contributed by atoms with Crippen LogP contribution in [0.1, 0.15) is 47.2 Å². The lowest BCUT2D eigenvalue weighted by Crippen LogP contribution is -2.10. The van der Waals surface area contributed by atoms with Gasteiger partial charge in [0.05, 0.1) is 52.7 Å². The largest absolute Gasteiger partial charge is 0.494 e. The summed E-state index contributed by atoms with van der Waals surface area (Å²) in [5.41, 5.74) is -3.97. The van der Waals surface area contributed by atoms with Gasteiger partial charge in [0, 0.05) is 6.08 Å². The summed E-state index contributed by atoms with van der Waals surface area (Å²) in [5.74, 6) is -1.44. The van der Waals surface area contributed by atoms with Crippen LogP contribution < -0.4 is 9.47 Å². The van der Waals surface area contributed by atoms with Gasteiger partial charge in [0.2, 0.25) is 0 Å². The number of halogens is 6. The minimum Gasteiger partial charge on any atom is -0.494 e. The van der Waals surface area contributed by atoms with Gasteiger partial charge in [-0.25, -0.2) is 9.59 Å². The molecule has 0 N–H and O–H groups in total. The summed E-state index contributed by atoms with van der Waals surface area (Å²) in [6, 6.07) is 19.1. The molecule has 0 fully saturated rings. The lowest BCUT2D eigenvalue weighted by atomic mass is 10.1. The molecular formula is C36H30F6N4O5. The highest BCUT2D eigenvalue weighted by Crippen LogP contribution is 2.42. The lowest BCUT2D eigenvalue weighted by Gasteiger charge is -2.13. The molecule has 9 nitrogen and oxygen atoms in total. The van der Waals surface area contributed by atoms with Crippen LogP contribution in [0.3, 0.4) is 0 Å². The quantitative estimate of drug-likeness (QED) is 0.0304. The van der Waals surface area contributed by atoms with Gasteiger partial charge in [0.25, 0.3) is 0 Å². The Morgan fingerprint density at radius 1 is 0.627 bits per heavy atom. The van der Waals surface area contributed by atoms with E-state index in [0.29, 0.717) is 43.2 Å². The van der Waals surface area contributed by atoms with Crippen LogP contribution in [0.25, 0.3) is 0 Å². The highest BCUT2D eigenvalue weighted by molar-refractivity contribution is 5.91. The standard InChI is InChI=1S/C36H30F6N4O5/c1-2-33(47)50-21-9-4-3-8-20-49-27-15-12-24(13-16-27)34(48)51-28-17-19-32(30(23-28)36(40,41)42)46-45-31-18-14-26(22-29(31)35(37,38)39)44-43-25-10-6-5-7-11-25/h2,5-7,10-19,22-23H,1,3-4,8-9,20-21H2. The number of esters is 2. The summed E-state index contributed by atoms with van der Waals surface area (Å²) in [5, 5.41) is 14.6. The van der Waals surface area contributed by atoms with Gasteiger partial charge in [-0.3, -0.25) is 0 Å². The van der Waals surface area contributed by atoms with Crippen LogP contribution in [0.15, 0.2) is 124 Å². The summed E-state index contributed by atoms with van der Waals surface area (Å²) in [6.45, 7) is 4.02. The molecule has 0 aliphatic carbocycles. The van der Waals surface area contributed by atoms with Gasteiger partial charge in [0.15, 0.2) is 0 Å². The molecule has 0 aliphatic rings. The predicted octanol–water partition coefficient (Wildman–Crippen LogP) is 11.4. The third-order valence-corrected chi connectivity index (χ3v) is 6.88. The lowest BCUT2D eigenvalue weighted by molar-refractivity contribution is -0.138. The molecule has 15 heteroatoms. The summed E-state index contributed by atoms with van der Waals surface area (Å²) < 4.78 is 99.1. The molecule has 0 saturated carbocycles. The predicted molar refractivity (Wildman–Crippen MR) is 174 cm³/mol. The Balaban J connectivity index is 1.39. The van der Waals surface area contributed by atoms with Gasteiger partial charge in [0.1, 0.15) is 11.5 Å². The third kappa shape index (κ3) is 11.9. The fourth-order valence-electron chi connectivity index (χ4n) is 4.34. The monoisotopic (exact) mass is 712 g/mol. The van der Waals surface area contributed by atoms with Crippen molar-refractivity contribution >= 4 is 34.7 Å². The van der Waals surface area contributed by atoms with Gasteiger partial charge in [-0.05, 0) is 98.5 Å². The molecule has 4 aromatic rings. The van der Waals surface area contributed by atoms with Gasteiger partial charge >= 0.3 is 24.3 Å². The zero-order chi connectivity index (χ0) is 36.9. The van der Waals surface area contributed by atoms with Crippen LogP contribution in [-0.4, -0.2) is 25.2 Å². The number of carbonyl (C=O) groups excluding carboxylic acids is 2. The van der Waals surface area contributed by atoms with Gasteiger partial charge in [-0.2, -0.15) is 36.6 Å². The number of azo groups is 2. The molecule has 266 valence electrons. The van der Waals surface area contributed by atoms with Crippen molar-refractivity contribution in [1.82, 2.24) is 0 Å². The SMILES string of the molecule is C=CC(=O)OCCCCCCOc1ccc(C(=O)Oc2ccc(N=Nc3ccc(N=Nc4ccccc4)cc3C(F)(F)F)c(C(F)(F)F)c2)cc1. The van der Waals surface area contributed by atoms with Crippen molar-refractivity contribution in [3.05, 3.63) is 120 Å². The van der Waals surface area contributed by atoms with Crippen LogP contribution in [0, 0.1) is 0 Å². The van der Waals surface area contributed by atoms with E-state index >= 15 is 0 Å². The van der Waals surface area contributed by atoms with Crippen molar-refractivity contribution in [2.45, 2.75) is 38.0 Å². The maximum absolute atomic E-state index is 14.0. The van der Waals surface area contributed by atoms with Crippen molar-refractivity contribution in [3.63, 3.8) is 0 Å². The highest BCUT2D eigenvalue weighted by atomic mass is 19.4. The van der Waals surface area contributed by atoms with Gasteiger partial charge in [-0.15, -0.1) is 10.2 Å². The molecule has 0 aromatic heterocycles. The van der Waals surface area contributed by atoms with Crippen molar-refractivity contribution < 1.29 is 50.1 Å². The number of rotatable bonds is 15. The van der Waals surface area contributed by atoms with Gasteiger partial charge < -0.3 is 14.2 Å². The molecule has 0 amide bonds. The Morgan fingerprint density at radius 3 is 1.82 bits per heavy atom. The number of benzene rings is 4. The van der Waals surface area contributed by atoms with Crippen LogP contribution in [0.2, 0.25) is 0 Å². The highest BCUT2D eigenvalue weighted by Gasteiger charge is 2.36. The second kappa shape index (κ2) is 17.7. The first-order valence-corrected chi connectivity index (χ1v) is 15.4. The number of hydrogen-bond acceptors (Lipinski definition) is 9. The van der Waals surface area contributed by atoms with Crippen molar-refractivity contribution in [2.75, 3.05) is 13.2 Å². The summed E-state index contributed by atoms with van der Waals surface area (Å²) in [6.07, 6.45) is -5.77. The number of alkyl halides is 6. The maximum atomic E-state index is 14.0. The molecule has 0 saturated heterocycles. The van der Waals surface area contributed by atoms with Crippen LogP contribution in [-0.2, 0) is 21.9 Å². The first kappa shape index (κ1) is 38.0. The number of hydrogen-bond donors (Lipinski definition) is 0. The number of carbonyl (C=O) groups is 2. The first-order chi connectivity index (χ1) is 24.3. The molecule has 0 radical (unpaired) electrons. The smallest absolute Gasteiger partial charge is 0.418 e. The van der Waals surface area contributed by atoms with E-state index in [-0.39, 0.29) is 11.3 Å². The number of nitrogens with zero attached hydrogens (tertiary/aromatic N) is 4. The summed E-state index contributed by atoms with van der Waals surface area (Å²) in [4.78, 5) is 23.7. The van der Waals surface area contributed by atoms with E-state index in [0.717, 1.165) is 43.5 Å². The Labute approximate surface area is 288 Å². The summed E-state index contributed by atoms with van der Waals surface area (Å²) >= 11 is 0. The molecule has 4 rings (SSSR count). The van der Waals surface area contributed by atoms with Crippen molar-refractivity contribution in [3.8, 4) is 11.5 Å². The average molecular weight is 713 g/mol. The van der Waals surface area contributed by atoms with E-state index in [9.17, 15) is 35.9 Å². The maximum Gasteiger partial charge on any atom is 0.418 e. The Hall–Kier alpha value is -5.86. The van der Waals surface area contributed by atoms with E-state index in [1.807, 2.05) is 0 Å². The Kier molecular flexibility index (Phi) is 13.2. The molecule has 0 spiro atoms. The molecule has 51 heavy (non-hydrogen) atoms. The normalized spacial score (nSPS) is 11.9. The molecule has 0 unspecified atom stereocenters. The van der Waals surface area contributed by atoms with E-state index in [1.54, 1.807) is 30.3 Å². The zero-order valence-electron chi connectivity index (χ0n) is 26.8. The number of unbranched alkanes of at least 4 members (excludes halogenated alkanes) is 3. The second-order valence-electron chi connectivity index (χ2n) is 10.7. The first-order valence-electron chi connectivity index (χ1n) is 15.4. The van der Waals surface area contributed by atoms with E-state index in [1.165, 1.54) is 30.3 Å².